The molecule has 0 aliphatic rings. The molecule has 0 saturated carbocycles. The SMILES string of the molecule is COCCNC(=O)c1nc(C(=O)NCCc2ccccc2F)c2ccccn12. The smallest absolute Gasteiger partial charge is 0.287 e. The van der Waals surface area contributed by atoms with Crippen LogP contribution >= 0.6 is 0 Å². The van der Waals surface area contributed by atoms with E-state index < -0.39 is 11.8 Å². The molecule has 0 spiro atoms. The van der Waals surface area contributed by atoms with Crippen molar-refractivity contribution in [1.82, 2.24) is 20.0 Å². The molecule has 7 nitrogen and oxygen atoms in total. The van der Waals surface area contributed by atoms with Crippen molar-refractivity contribution in [2.45, 2.75) is 6.42 Å². The van der Waals surface area contributed by atoms with Gasteiger partial charge >= 0.3 is 0 Å². The Hall–Kier alpha value is -3.26. The number of hydrogen-bond acceptors (Lipinski definition) is 4. The number of methoxy groups -OCH3 is 1. The van der Waals surface area contributed by atoms with Crippen molar-refractivity contribution in [2.24, 2.45) is 0 Å². The third-order valence-electron chi connectivity index (χ3n) is 4.20. The molecule has 2 N–H and O–H groups in total. The number of ether oxygens (including phenoxy) is 1. The summed E-state index contributed by atoms with van der Waals surface area (Å²) in [5.41, 5.74) is 1.18. The maximum atomic E-state index is 13.7. The maximum absolute atomic E-state index is 13.7. The Kier molecular flexibility index (Phi) is 6.33. The van der Waals surface area contributed by atoms with E-state index in [-0.39, 0.29) is 23.9 Å². The lowest BCUT2D eigenvalue weighted by Crippen LogP contribution is -2.29. The van der Waals surface area contributed by atoms with Gasteiger partial charge in [-0.05, 0) is 30.2 Å². The van der Waals surface area contributed by atoms with Crippen LogP contribution in [0.4, 0.5) is 4.39 Å². The number of nitrogens with zero attached hydrogens (tertiary/aromatic N) is 2. The summed E-state index contributed by atoms with van der Waals surface area (Å²) >= 11 is 0. The van der Waals surface area contributed by atoms with Gasteiger partial charge in [-0.1, -0.05) is 24.3 Å². The van der Waals surface area contributed by atoms with Gasteiger partial charge in [0.05, 0.1) is 12.1 Å². The van der Waals surface area contributed by atoms with Crippen LogP contribution in [-0.4, -0.2) is 48.0 Å². The first kappa shape index (κ1) is 19.5. The van der Waals surface area contributed by atoms with Crippen molar-refractivity contribution in [2.75, 3.05) is 26.8 Å². The summed E-state index contributed by atoms with van der Waals surface area (Å²) in [6, 6.07) is 11.7. The van der Waals surface area contributed by atoms with Gasteiger partial charge in [-0.3, -0.25) is 14.0 Å². The van der Waals surface area contributed by atoms with Gasteiger partial charge in [-0.2, -0.15) is 0 Å². The zero-order valence-corrected chi connectivity index (χ0v) is 15.4. The van der Waals surface area contributed by atoms with Crippen LogP contribution in [0.3, 0.4) is 0 Å². The predicted octanol–water partition coefficient (Wildman–Crippen LogP) is 1.82. The number of pyridine rings is 1. The number of amides is 2. The summed E-state index contributed by atoms with van der Waals surface area (Å²) < 4.78 is 20.2. The molecule has 0 saturated heterocycles. The predicted molar refractivity (Wildman–Crippen MR) is 102 cm³/mol. The quantitative estimate of drug-likeness (QED) is 0.580. The fraction of sp³-hybridized carbons (Fsp3) is 0.250. The van der Waals surface area contributed by atoms with Crippen LogP contribution in [0.15, 0.2) is 48.7 Å². The number of halogens is 1. The number of benzene rings is 1. The Bertz CT molecular complexity index is 986. The molecule has 0 fully saturated rings. The van der Waals surface area contributed by atoms with E-state index in [0.29, 0.717) is 30.7 Å². The number of imidazole rings is 1. The van der Waals surface area contributed by atoms with E-state index >= 15 is 0 Å². The van der Waals surface area contributed by atoms with Crippen molar-refractivity contribution in [3.63, 3.8) is 0 Å². The molecule has 3 aromatic rings. The number of rotatable bonds is 8. The highest BCUT2D eigenvalue weighted by Gasteiger charge is 2.21. The average molecular weight is 384 g/mol. The molecule has 1 aromatic carbocycles. The largest absolute Gasteiger partial charge is 0.383 e. The highest BCUT2D eigenvalue weighted by molar-refractivity contribution is 6.02. The van der Waals surface area contributed by atoms with Gasteiger partial charge < -0.3 is 15.4 Å². The minimum Gasteiger partial charge on any atom is -0.383 e. The number of nitrogens with one attached hydrogen (secondary N) is 2. The summed E-state index contributed by atoms with van der Waals surface area (Å²) in [6.07, 6.45) is 2.03. The van der Waals surface area contributed by atoms with Crippen molar-refractivity contribution in [3.8, 4) is 0 Å². The van der Waals surface area contributed by atoms with Gasteiger partial charge in [-0.25, -0.2) is 9.37 Å². The molecule has 2 amide bonds. The minimum atomic E-state index is -0.420. The Balaban J connectivity index is 1.74. The van der Waals surface area contributed by atoms with Gasteiger partial charge in [0, 0.05) is 26.4 Å². The zero-order valence-electron chi connectivity index (χ0n) is 15.4. The Morgan fingerprint density at radius 3 is 2.61 bits per heavy atom. The molecule has 2 heterocycles. The van der Waals surface area contributed by atoms with Crippen molar-refractivity contribution in [3.05, 3.63) is 71.6 Å². The van der Waals surface area contributed by atoms with Gasteiger partial charge in [0.1, 0.15) is 5.82 Å². The topological polar surface area (TPSA) is 84.7 Å². The first-order chi connectivity index (χ1) is 13.6. The Labute approximate surface area is 161 Å². The monoisotopic (exact) mass is 384 g/mol. The van der Waals surface area contributed by atoms with E-state index in [9.17, 15) is 14.0 Å². The van der Waals surface area contributed by atoms with E-state index in [1.54, 1.807) is 54.1 Å². The van der Waals surface area contributed by atoms with Gasteiger partial charge in [0.2, 0.25) is 5.82 Å². The van der Waals surface area contributed by atoms with E-state index in [0.717, 1.165) is 0 Å². The third-order valence-corrected chi connectivity index (χ3v) is 4.20. The van der Waals surface area contributed by atoms with Crippen molar-refractivity contribution >= 4 is 17.3 Å². The first-order valence-corrected chi connectivity index (χ1v) is 8.87. The van der Waals surface area contributed by atoms with Crippen LogP contribution in [-0.2, 0) is 11.2 Å². The van der Waals surface area contributed by atoms with Crippen LogP contribution in [0.25, 0.3) is 5.52 Å². The molecule has 0 unspecified atom stereocenters. The summed E-state index contributed by atoms with van der Waals surface area (Å²) in [7, 11) is 1.54. The molecule has 146 valence electrons. The van der Waals surface area contributed by atoms with E-state index in [4.69, 9.17) is 4.74 Å². The van der Waals surface area contributed by atoms with Crippen molar-refractivity contribution < 1.29 is 18.7 Å². The molecule has 0 aliphatic carbocycles. The standard InChI is InChI=1S/C20H21FN4O3/c1-28-13-11-23-20(27)18-24-17(16-8-4-5-12-25(16)18)19(26)22-10-9-14-6-2-3-7-15(14)21/h2-8,12H,9-11,13H2,1H3,(H,22,26)(H,23,27). The normalized spacial score (nSPS) is 10.8. The summed E-state index contributed by atoms with van der Waals surface area (Å²) in [5.74, 6) is -1.01. The third kappa shape index (κ3) is 4.34. The lowest BCUT2D eigenvalue weighted by atomic mass is 10.1. The minimum absolute atomic E-state index is 0.117. The van der Waals surface area contributed by atoms with Crippen LogP contribution < -0.4 is 10.6 Å². The first-order valence-electron chi connectivity index (χ1n) is 8.87. The van der Waals surface area contributed by atoms with Gasteiger partial charge in [0.25, 0.3) is 11.8 Å². The molecule has 0 radical (unpaired) electrons. The molecule has 3 rings (SSSR count). The fourth-order valence-corrected chi connectivity index (χ4v) is 2.81. The Morgan fingerprint density at radius 2 is 1.82 bits per heavy atom. The van der Waals surface area contributed by atoms with Crippen LogP contribution in [0.1, 0.15) is 26.7 Å². The van der Waals surface area contributed by atoms with E-state index in [1.807, 2.05) is 0 Å². The summed E-state index contributed by atoms with van der Waals surface area (Å²) in [6.45, 7) is 0.959. The van der Waals surface area contributed by atoms with Gasteiger partial charge in [0.15, 0.2) is 5.69 Å². The number of aromatic nitrogens is 2. The molecule has 8 heteroatoms. The van der Waals surface area contributed by atoms with E-state index in [2.05, 4.69) is 15.6 Å². The summed E-state index contributed by atoms with van der Waals surface area (Å²) in [5, 5.41) is 5.43. The second kappa shape index (κ2) is 9.09. The zero-order chi connectivity index (χ0) is 19.9. The highest BCUT2D eigenvalue weighted by atomic mass is 19.1. The van der Waals surface area contributed by atoms with Gasteiger partial charge in [-0.15, -0.1) is 0 Å². The highest BCUT2D eigenvalue weighted by Crippen LogP contribution is 2.13. The molecule has 2 aromatic heterocycles. The molecular weight excluding hydrogens is 363 g/mol. The second-order valence-electron chi connectivity index (χ2n) is 6.09. The lowest BCUT2D eigenvalue weighted by molar-refractivity contribution is 0.0926. The van der Waals surface area contributed by atoms with E-state index in [1.165, 1.54) is 6.07 Å². The molecule has 0 aliphatic heterocycles. The second-order valence-corrected chi connectivity index (χ2v) is 6.09. The van der Waals surface area contributed by atoms with Crippen LogP contribution in [0.2, 0.25) is 0 Å². The number of carbonyl (C=O) groups is 2. The summed E-state index contributed by atoms with van der Waals surface area (Å²) in [4.78, 5) is 29.2. The van der Waals surface area contributed by atoms with Crippen LogP contribution in [0, 0.1) is 5.82 Å². The Morgan fingerprint density at radius 1 is 1.07 bits per heavy atom. The van der Waals surface area contributed by atoms with Crippen LogP contribution in [0.5, 0.6) is 0 Å². The number of fused-ring (bicyclic) bond motifs is 1. The lowest BCUT2D eigenvalue weighted by Gasteiger charge is -2.05. The number of hydrogen-bond donors (Lipinski definition) is 2. The fourth-order valence-electron chi connectivity index (χ4n) is 2.81. The van der Waals surface area contributed by atoms with Crippen molar-refractivity contribution in [1.29, 1.82) is 0 Å². The maximum Gasteiger partial charge on any atom is 0.287 e. The molecule has 0 atom stereocenters. The molecular formula is C20H21FN4O3. The molecule has 0 bridgehead atoms. The number of carbonyl (C=O) groups excluding carboxylic acids is 2. The molecule has 28 heavy (non-hydrogen) atoms. The average Bonchev–Trinajstić information content (AvgIpc) is 3.09.